The van der Waals surface area contributed by atoms with Gasteiger partial charge in [0.05, 0.1) is 32.5 Å². The first-order chi connectivity index (χ1) is 20.8. The zero-order chi connectivity index (χ0) is 30.4. The van der Waals surface area contributed by atoms with Gasteiger partial charge in [-0.15, -0.1) is 0 Å². The van der Waals surface area contributed by atoms with Crippen molar-refractivity contribution in [2.45, 2.75) is 31.0 Å². The fourth-order valence-corrected chi connectivity index (χ4v) is 7.04. The van der Waals surface area contributed by atoms with Crippen molar-refractivity contribution in [3.05, 3.63) is 89.7 Å². The van der Waals surface area contributed by atoms with Gasteiger partial charge in [-0.1, -0.05) is 48.5 Å². The van der Waals surface area contributed by atoms with Crippen LogP contribution in [0.2, 0.25) is 0 Å². The third-order valence-corrected chi connectivity index (χ3v) is 9.38. The van der Waals surface area contributed by atoms with Crippen molar-refractivity contribution in [1.82, 2.24) is 15.1 Å². The summed E-state index contributed by atoms with van der Waals surface area (Å²) in [6.45, 7) is 0.400. The molecule has 2 saturated heterocycles. The van der Waals surface area contributed by atoms with Crippen molar-refractivity contribution in [3.8, 4) is 11.5 Å². The molecule has 2 amide bonds. The maximum Gasteiger partial charge on any atom is 0.250 e. The number of nitrogens with one attached hydrogen (secondary N) is 2. The molecule has 8 nitrogen and oxygen atoms in total. The van der Waals surface area contributed by atoms with E-state index in [1.165, 1.54) is 13.2 Å². The van der Waals surface area contributed by atoms with Gasteiger partial charge in [-0.2, -0.15) is 11.8 Å². The van der Waals surface area contributed by atoms with Crippen LogP contribution in [0.15, 0.2) is 72.8 Å². The summed E-state index contributed by atoms with van der Waals surface area (Å²) in [5, 5.41) is 6.80. The molecule has 0 bridgehead atoms. The van der Waals surface area contributed by atoms with Gasteiger partial charge in [-0.05, 0) is 60.3 Å². The predicted octanol–water partition coefficient (Wildman–Crippen LogP) is 5.01. The zero-order valence-corrected chi connectivity index (χ0v) is 25.8. The van der Waals surface area contributed by atoms with E-state index < -0.39 is 11.4 Å². The average Bonchev–Trinajstić information content (AvgIpc) is 3.40. The Hall–Kier alpha value is -3.83. The molecular formula is C32H35FN4O4S2. The normalized spacial score (nSPS) is 17.6. The van der Waals surface area contributed by atoms with Crippen molar-refractivity contribution in [2.75, 3.05) is 44.1 Å². The van der Waals surface area contributed by atoms with Crippen LogP contribution in [-0.4, -0.2) is 71.1 Å². The maximum atomic E-state index is 15.0. The lowest BCUT2D eigenvalue weighted by Crippen LogP contribution is -2.62. The quantitative estimate of drug-likeness (QED) is 0.306. The van der Waals surface area contributed by atoms with Gasteiger partial charge >= 0.3 is 0 Å². The van der Waals surface area contributed by atoms with E-state index in [1.807, 2.05) is 35.2 Å². The Morgan fingerprint density at radius 3 is 2.49 bits per heavy atom. The van der Waals surface area contributed by atoms with E-state index in [0.717, 1.165) is 5.56 Å². The molecule has 2 aliphatic rings. The molecule has 0 aromatic heterocycles. The van der Waals surface area contributed by atoms with Crippen molar-refractivity contribution in [2.24, 2.45) is 0 Å². The molecule has 2 aliphatic heterocycles. The van der Waals surface area contributed by atoms with Crippen LogP contribution in [0.3, 0.4) is 0 Å². The first-order valence-electron chi connectivity index (χ1n) is 14.1. The Labute approximate surface area is 260 Å². The summed E-state index contributed by atoms with van der Waals surface area (Å²) >= 11 is 7.35. The number of ether oxygens (including phenoxy) is 2. The smallest absolute Gasteiger partial charge is 0.250 e. The highest BCUT2D eigenvalue weighted by atomic mass is 32.2. The van der Waals surface area contributed by atoms with Gasteiger partial charge < -0.3 is 29.9 Å². The molecule has 3 aromatic carbocycles. The number of hydrogen-bond acceptors (Lipinski definition) is 6. The SMILES string of the molecule is COc1ccc(NC(=O)C2(N(Cc3ccccc3F)C(=O)CN3C[C@@H](c4ccccc4)NC3=S)CCSCC2)c(OC)c1. The van der Waals surface area contributed by atoms with Gasteiger partial charge in [0.15, 0.2) is 5.11 Å². The van der Waals surface area contributed by atoms with E-state index >= 15 is 4.39 Å². The number of halogens is 1. The van der Waals surface area contributed by atoms with Crippen LogP contribution < -0.4 is 20.1 Å². The molecule has 226 valence electrons. The third kappa shape index (κ3) is 6.73. The molecule has 11 heteroatoms. The number of thiocarbonyl (C=S) groups is 1. The summed E-state index contributed by atoms with van der Waals surface area (Å²) in [6, 6.07) is 21.3. The average molecular weight is 623 g/mol. The number of methoxy groups -OCH3 is 2. The first-order valence-corrected chi connectivity index (χ1v) is 15.7. The number of anilines is 1. The van der Waals surface area contributed by atoms with Gasteiger partial charge in [-0.3, -0.25) is 9.59 Å². The van der Waals surface area contributed by atoms with Crippen LogP contribution in [0, 0.1) is 5.82 Å². The molecule has 0 spiro atoms. The molecule has 3 aromatic rings. The van der Waals surface area contributed by atoms with Gasteiger partial charge in [-0.25, -0.2) is 4.39 Å². The highest BCUT2D eigenvalue weighted by Crippen LogP contribution is 2.37. The molecule has 2 fully saturated rings. The number of carbonyl (C=O) groups excluding carboxylic acids is 2. The van der Waals surface area contributed by atoms with E-state index in [1.54, 1.807) is 60.2 Å². The number of nitrogens with zero attached hydrogens (tertiary/aromatic N) is 2. The van der Waals surface area contributed by atoms with Crippen molar-refractivity contribution < 1.29 is 23.5 Å². The Bertz CT molecular complexity index is 1470. The molecule has 0 saturated carbocycles. The minimum Gasteiger partial charge on any atom is -0.497 e. The van der Waals surface area contributed by atoms with Crippen LogP contribution in [0.25, 0.3) is 0 Å². The fraction of sp³-hybridized carbons (Fsp3) is 0.344. The number of amides is 2. The summed E-state index contributed by atoms with van der Waals surface area (Å²) in [5.41, 5.74) is 0.646. The second kappa shape index (κ2) is 13.6. The molecule has 0 aliphatic carbocycles. The van der Waals surface area contributed by atoms with Crippen LogP contribution >= 0.6 is 24.0 Å². The predicted molar refractivity (Wildman–Crippen MR) is 171 cm³/mol. The number of rotatable bonds is 10. The number of benzene rings is 3. The Balaban J connectivity index is 1.46. The highest BCUT2D eigenvalue weighted by molar-refractivity contribution is 7.99. The molecule has 0 radical (unpaired) electrons. The van der Waals surface area contributed by atoms with E-state index in [4.69, 9.17) is 21.7 Å². The lowest BCUT2D eigenvalue weighted by molar-refractivity contribution is -0.147. The van der Waals surface area contributed by atoms with Crippen molar-refractivity contribution in [3.63, 3.8) is 0 Å². The fourth-order valence-electron chi connectivity index (χ4n) is 5.59. The molecule has 0 unspecified atom stereocenters. The Morgan fingerprint density at radius 1 is 1.07 bits per heavy atom. The molecule has 1 atom stereocenters. The molecule has 43 heavy (non-hydrogen) atoms. The summed E-state index contributed by atoms with van der Waals surface area (Å²) in [5.74, 6) is 1.29. The second-order valence-corrected chi connectivity index (χ2v) is 12.1. The summed E-state index contributed by atoms with van der Waals surface area (Å²) in [6.07, 6.45) is 0.828. The van der Waals surface area contributed by atoms with E-state index in [-0.39, 0.29) is 30.9 Å². The zero-order valence-electron chi connectivity index (χ0n) is 24.2. The lowest BCUT2D eigenvalue weighted by Gasteiger charge is -2.45. The first kappa shape index (κ1) is 30.6. The van der Waals surface area contributed by atoms with Crippen LogP contribution in [-0.2, 0) is 16.1 Å². The maximum absolute atomic E-state index is 15.0. The van der Waals surface area contributed by atoms with E-state index in [0.29, 0.717) is 58.8 Å². The summed E-state index contributed by atoms with van der Waals surface area (Å²) in [4.78, 5) is 32.0. The van der Waals surface area contributed by atoms with Gasteiger partial charge in [0.1, 0.15) is 22.9 Å². The monoisotopic (exact) mass is 622 g/mol. The number of thioether (sulfide) groups is 1. The minimum atomic E-state index is -1.22. The second-order valence-electron chi connectivity index (χ2n) is 10.5. The highest BCUT2D eigenvalue weighted by Gasteiger charge is 2.48. The van der Waals surface area contributed by atoms with Crippen molar-refractivity contribution >= 4 is 46.6 Å². The number of hydrogen-bond donors (Lipinski definition) is 2. The topological polar surface area (TPSA) is 83.1 Å². The van der Waals surface area contributed by atoms with Crippen LogP contribution in [0.5, 0.6) is 11.5 Å². The minimum absolute atomic E-state index is 0.0440. The summed E-state index contributed by atoms with van der Waals surface area (Å²) in [7, 11) is 3.07. The summed E-state index contributed by atoms with van der Waals surface area (Å²) < 4.78 is 25.8. The largest absolute Gasteiger partial charge is 0.497 e. The molecule has 2 heterocycles. The van der Waals surface area contributed by atoms with Gasteiger partial charge in [0.25, 0.3) is 5.91 Å². The molecular weight excluding hydrogens is 588 g/mol. The molecule has 5 rings (SSSR count). The lowest BCUT2D eigenvalue weighted by atomic mass is 9.87. The van der Waals surface area contributed by atoms with Gasteiger partial charge in [0.2, 0.25) is 5.91 Å². The third-order valence-electron chi connectivity index (χ3n) is 8.02. The Morgan fingerprint density at radius 2 is 1.79 bits per heavy atom. The van der Waals surface area contributed by atoms with E-state index in [9.17, 15) is 9.59 Å². The van der Waals surface area contributed by atoms with Crippen molar-refractivity contribution in [1.29, 1.82) is 0 Å². The van der Waals surface area contributed by atoms with Gasteiger partial charge in [0, 0.05) is 24.7 Å². The van der Waals surface area contributed by atoms with E-state index in [2.05, 4.69) is 10.6 Å². The molecule has 2 N–H and O–H groups in total. The van der Waals surface area contributed by atoms with Crippen LogP contribution in [0.4, 0.5) is 10.1 Å². The number of carbonyl (C=O) groups is 2. The standard InChI is InChI=1S/C32H35FN4O4S2/c1-40-24-12-13-26(28(18-24)41-2)34-30(39)32(14-16-43-17-15-32)37(19-23-10-6-7-11-25(23)33)29(38)21-36-20-27(35-31(36)42)22-8-4-3-5-9-22/h3-13,18,27H,14-17,19-21H2,1-2H3,(H,34,39)(H,35,42)/t27-/m0/s1. The van der Waals surface area contributed by atoms with Crippen LogP contribution in [0.1, 0.15) is 30.0 Å². The Kier molecular flexibility index (Phi) is 9.72.